The van der Waals surface area contributed by atoms with E-state index in [9.17, 15) is 14.7 Å². The zero-order chi connectivity index (χ0) is 23.3. The number of aromatic amines is 1. The number of hydrogen-bond donors (Lipinski definition) is 3. The van der Waals surface area contributed by atoms with Gasteiger partial charge in [-0.25, -0.2) is 4.79 Å². The summed E-state index contributed by atoms with van der Waals surface area (Å²) in [6, 6.07) is 26.5. The number of amides is 1. The normalized spacial score (nSPS) is 11.9. The minimum absolute atomic E-state index is 0.166. The molecule has 1 amide bonds. The second-order valence-electron chi connectivity index (χ2n) is 8.03. The van der Waals surface area contributed by atoms with Gasteiger partial charge < -0.3 is 15.4 Å². The minimum Gasteiger partial charge on any atom is -0.480 e. The molecule has 4 rings (SSSR count). The third-order valence-electron chi connectivity index (χ3n) is 5.83. The van der Waals surface area contributed by atoms with Gasteiger partial charge in [-0.3, -0.25) is 4.79 Å². The van der Waals surface area contributed by atoms with E-state index in [1.54, 1.807) is 6.20 Å². The van der Waals surface area contributed by atoms with Gasteiger partial charge in [-0.2, -0.15) is 0 Å². The number of H-pyrrole nitrogens is 1. The fourth-order valence-corrected chi connectivity index (χ4v) is 6.65. The Bertz CT molecular complexity index is 1300. The van der Waals surface area contributed by atoms with Crippen molar-refractivity contribution in [2.45, 2.75) is 19.0 Å². The summed E-state index contributed by atoms with van der Waals surface area (Å²) >= 11 is 0. The summed E-state index contributed by atoms with van der Waals surface area (Å²) < 4.78 is 0. The SMILES string of the molecule is C[Si](C#CC(=O)N[C@@H](Cc1c[nH]c2ccccc12)C(=O)O)(c1ccccc1)c1ccccc1. The van der Waals surface area contributed by atoms with E-state index >= 15 is 0 Å². The highest BCUT2D eigenvalue weighted by molar-refractivity contribution is 7.07. The molecule has 0 unspecified atom stereocenters. The molecule has 3 N–H and O–H groups in total. The molecule has 5 nitrogen and oxygen atoms in total. The molecule has 0 saturated heterocycles. The van der Waals surface area contributed by atoms with Crippen LogP contribution in [0, 0.1) is 11.5 Å². The molecule has 4 aromatic rings. The summed E-state index contributed by atoms with van der Waals surface area (Å²) in [4.78, 5) is 27.7. The van der Waals surface area contributed by atoms with Gasteiger partial charge in [-0.05, 0) is 27.9 Å². The van der Waals surface area contributed by atoms with E-state index in [-0.39, 0.29) is 6.42 Å². The molecule has 0 aliphatic carbocycles. The van der Waals surface area contributed by atoms with Crippen LogP contribution in [0.25, 0.3) is 10.9 Å². The molecule has 33 heavy (non-hydrogen) atoms. The van der Waals surface area contributed by atoms with Crippen LogP contribution in [0.4, 0.5) is 0 Å². The third-order valence-corrected chi connectivity index (χ3v) is 9.43. The quantitative estimate of drug-likeness (QED) is 0.311. The Labute approximate surface area is 193 Å². The second-order valence-corrected chi connectivity index (χ2v) is 11.7. The number of carboxylic acids is 1. The lowest BCUT2D eigenvalue weighted by Gasteiger charge is -2.22. The van der Waals surface area contributed by atoms with Crippen LogP contribution in [-0.4, -0.2) is 36.1 Å². The fraction of sp³-hybridized carbons (Fsp3) is 0.111. The van der Waals surface area contributed by atoms with Gasteiger partial charge in [0.05, 0.1) is 0 Å². The highest BCUT2D eigenvalue weighted by atomic mass is 28.3. The Morgan fingerprint density at radius 3 is 2.12 bits per heavy atom. The summed E-state index contributed by atoms with van der Waals surface area (Å²) in [5, 5.41) is 15.4. The Morgan fingerprint density at radius 2 is 1.52 bits per heavy atom. The smallest absolute Gasteiger partial charge is 0.326 e. The maximum Gasteiger partial charge on any atom is 0.326 e. The van der Waals surface area contributed by atoms with E-state index in [0.717, 1.165) is 26.8 Å². The highest BCUT2D eigenvalue weighted by Gasteiger charge is 2.30. The van der Waals surface area contributed by atoms with Gasteiger partial charge in [0.2, 0.25) is 0 Å². The van der Waals surface area contributed by atoms with Crippen molar-refractivity contribution in [2.24, 2.45) is 0 Å². The van der Waals surface area contributed by atoms with Crippen LogP contribution in [0.2, 0.25) is 6.55 Å². The predicted octanol–water partition coefficient (Wildman–Crippen LogP) is 2.72. The van der Waals surface area contributed by atoms with E-state index in [1.165, 1.54) is 0 Å². The Kier molecular flexibility index (Phi) is 6.43. The maximum atomic E-state index is 12.7. The van der Waals surface area contributed by atoms with Crippen LogP contribution in [-0.2, 0) is 16.0 Å². The largest absolute Gasteiger partial charge is 0.480 e. The summed E-state index contributed by atoms with van der Waals surface area (Å²) in [6.07, 6.45) is 1.95. The molecule has 1 atom stereocenters. The summed E-state index contributed by atoms with van der Waals surface area (Å²) in [5.41, 5.74) is 5.00. The lowest BCUT2D eigenvalue weighted by atomic mass is 10.1. The van der Waals surface area contributed by atoms with Gasteiger partial charge in [0, 0.05) is 23.5 Å². The summed E-state index contributed by atoms with van der Waals surface area (Å²) in [7, 11) is -2.52. The number of carboxylic acid groups (broad SMARTS) is 1. The number of fused-ring (bicyclic) bond motifs is 1. The molecule has 0 aliphatic rings. The second kappa shape index (κ2) is 9.59. The van der Waals surface area contributed by atoms with Crippen molar-refractivity contribution in [3.05, 3.63) is 96.7 Å². The van der Waals surface area contributed by atoms with Crippen molar-refractivity contribution < 1.29 is 14.7 Å². The van der Waals surface area contributed by atoms with Crippen LogP contribution < -0.4 is 15.7 Å². The number of hydrogen-bond acceptors (Lipinski definition) is 2. The lowest BCUT2D eigenvalue weighted by molar-refractivity contribution is -0.141. The van der Waals surface area contributed by atoms with Crippen LogP contribution in [0.3, 0.4) is 0 Å². The number of aromatic nitrogens is 1. The standard InChI is InChI=1S/C27H24N2O3Si/c1-33(21-10-4-2-5-11-21,22-12-6-3-7-13-22)17-16-26(30)29-25(27(31)32)18-20-19-28-24-15-9-8-14-23(20)24/h2-15,19,25,28H,18H2,1H3,(H,29,30)(H,31,32)/t25-/m0/s1. The molecular weight excluding hydrogens is 428 g/mol. The molecule has 0 radical (unpaired) electrons. The maximum absolute atomic E-state index is 12.7. The van der Waals surface area contributed by atoms with E-state index in [1.807, 2.05) is 84.9 Å². The van der Waals surface area contributed by atoms with Crippen LogP contribution in [0.15, 0.2) is 91.1 Å². The highest BCUT2D eigenvalue weighted by Crippen LogP contribution is 2.19. The molecule has 0 bridgehead atoms. The molecule has 0 spiro atoms. The van der Waals surface area contributed by atoms with Gasteiger partial charge in [-0.1, -0.05) is 85.4 Å². The van der Waals surface area contributed by atoms with Crippen molar-refractivity contribution in [1.82, 2.24) is 10.3 Å². The molecule has 1 heterocycles. The summed E-state index contributed by atoms with van der Waals surface area (Å²) in [6.45, 7) is 2.10. The van der Waals surface area contributed by atoms with E-state index in [2.05, 4.69) is 28.3 Å². The first-order valence-electron chi connectivity index (χ1n) is 10.7. The fourth-order valence-electron chi connectivity index (χ4n) is 3.95. The number of para-hydroxylation sites is 1. The minimum atomic E-state index is -2.52. The summed E-state index contributed by atoms with van der Waals surface area (Å²) in [5.74, 6) is 1.03. The van der Waals surface area contributed by atoms with E-state index < -0.39 is 26.0 Å². The molecule has 3 aromatic carbocycles. The number of rotatable bonds is 6. The van der Waals surface area contributed by atoms with Crippen molar-refractivity contribution in [3.8, 4) is 11.5 Å². The molecule has 164 valence electrons. The molecule has 0 aliphatic heterocycles. The first-order valence-corrected chi connectivity index (χ1v) is 13.2. The molecule has 0 fully saturated rings. The Balaban J connectivity index is 1.58. The molecule has 6 heteroatoms. The number of nitrogens with one attached hydrogen (secondary N) is 2. The van der Waals surface area contributed by atoms with Crippen molar-refractivity contribution in [1.29, 1.82) is 0 Å². The number of carbonyl (C=O) groups is 2. The van der Waals surface area contributed by atoms with Gasteiger partial charge >= 0.3 is 5.97 Å². The first kappa shape index (κ1) is 22.1. The van der Waals surface area contributed by atoms with Crippen molar-refractivity contribution >= 4 is 41.2 Å². The third kappa shape index (κ3) is 4.89. The monoisotopic (exact) mass is 452 g/mol. The van der Waals surface area contributed by atoms with Crippen LogP contribution in [0.1, 0.15) is 5.56 Å². The average molecular weight is 453 g/mol. The number of benzene rings is 3. The van der Waals surface area contributed by atoms with Gasteiger partial charge in [0.15, 0.2) is 8.07 Å². The van der Waals surface area contributed by atoms with Crippen molar-refractivity contribution in [2.75, 3.05) is 0 Å². The predicted molar refractivity (Wildman–Crippen MR) is 133 cm³/mol. The topological polar surface area (TPSA) is 82.2 Å². The Hall–Kier alpha value is -4.08. The van der Waals surface area contributed by atoms with Crippen LogP contribution in [0.5, 0.6) is 0 Å². The zero-order valence-electron chi connectivity index (χ0n) is 18.2. The molecular formula is C27H24N2O3Si. The van der Waals surface area contributed by atoms with Gasteiger partial charge in [0.1, 0.15) is 6.04 Å². The van der Waals surface area contributed by atoms with Gasteiger partial charge in [0.25, 0.3) is 5.91 Å². The average Bonchev–Trinajstić information content (AvgIpc) is 3.26. The lowest BCUT2D eigenvalue weighted by Crippen LogP contribution is -2.55. The Morgan fingerprint density at radius 1 is 0.939 bits per heavy atom. The molecule has 1 aromatic heterocycles. The zero-order valence-corrected chi connectivity index (χ0v) is 19.2. The van der Waals surface area contributed by atoms with Gasteiger partial charge in [-0.15, -0.1) is 5.54 Å². The van der Waals surface area contributed by atoms with E-state index in [0.29, 0.717) is 0 Å². The number of aliphatic carboxylic acids is 1. The van der Waals surface area contributed by atoms with Crippen molar-refractivity contribution in [3.63, 3.8) is 0 Å². The van der Waals surface area contributed by atoms with Crippen LogP contribution >= 0.6 is 0 Å². The van der Waals surface area contributed by atoms with E-state index in [4.69, 9.17) is 0 Å². The number of carbonyl (C=O) groups excluding carboxylic acids is 1. The molecule has 0 saturated carbocycles. The first-order chi connectivity index (χ1) is 16.0.